The standard InChI is InChI=1S/C16H31N5O2.HI/c1-16(2,3)20-14(23)11-21(5)15(17-4)18-10-6-7-13(22)19-12-8-9-12;/h12H,6-11H2,1-5H3,(H,17,18)(H,19,22)(H,20,23);1H. The van der Waals surface area contributed by atoms with E-state index < -0.39 is 0 Å². The van der Waals surface area contributed by atoms with Crippen LogP contribution < -0.4 is 16.0 Å². The van der Waals surface area contributed by atoms with Gasteiger partial charge in [-0.15, -0.1) is 24.0 Å². The Morgan fingerprint density at radius 3 is 2.33 bits per heavy atom. The van der Waals surface area contributed by atoms with E-state index in [9.17, 15) is 9.59 Å². The molecule has 140 valence electrons. The summed E-state index contributed by atoms with van der Waals surface area (Å²) in [7, 11) is 3.50. The molecule has 8 heteroatoms. The molecule has 0 heterocycles. The van der Waals surface area contributed by atoms with Crippen LogP contribution in [0.5, 0.6) is 0 Å². The molecule has 7 nitrogen and oxygen atoms in total. The van der Waals surface area contributed by atoms with Gasteiger partial charge in [0.15, 0.2) is 5.96 Å². The second-order valence-electron chi connectivity index (χ2n) is 7.07. The van der Waals surface area contributed by atoms with Crippen molar-refractivity contribution in [3.8, 4) is 0 Å². The van der Waals surface area contributed by atoms with Gasteiger partial charge in [-0.25, -0.2) is 0 Å². The SMILES string of the molecule is CN=C(NCCCC(=O)NC1CC1)N(C)CC(=O)NC(C)(C)C.I. The summed E-state index contributed by atoms with van der Waals surface area (Å²) in [6.07, 6.45) is 3.46. The van der Waals surface area contributed by atoms with Crippen LogP contribution in [-0.2, 0) is 9.59 Å². The molecule has 0 bridgehead atoms. The summed E-state index contributed by atoms with van der Waals surface area (Å²) in [6.45, 7) is 6.73. The molecular formula is C16H32IN5O2. The zero-order valence-corrected chi connectivity index (χ0v) is 17.8. The first-order chi connectivity index (χ1) is 10.7. The molecule has 3 N–H and O–H groups in total. The van der Waals surface area contributed by atoms with Crippen molar-refractivity contribution in [3.63, 3.8) is 0 Å². The van der Waals surface area contributed by atoms with Crippen molar-refractivity contribution in [2.24, 2.45) is 4.99 Å². The number of nitrogens with one attached hydrogen (secondary N) is 3. The summed E-state index contributed by atoms with van der Waals surface area (Å²) in [4.78, 5) is 29.4. The van der Waals surface area contributed by atoms with Gasteiger partial charge in [0, 0.05) is 38.6 Å². The van der Waals surface area contributed by atoms with Crippen LogP contribution in [0, 0.1) is 0 Å². The number of guanidine groups is 1. The molecule has 1 aliphatic rings. The molecule has 0 aromatic carbocycles. The monoisotopic (exact) mass is 453 g/mol. The van der Waals surface area contributed by atoms with Gasteiger partial charge in [0.2, 0.25) is 11.8 Å². The van der Waals surface area contributed by atoms with E-state index in [-0.39, 0.29) is 47.9 Å². The van der Waals surface area contributed by atoms with Gasteiger partial charge in [-0.05, 0) is 40.0 Å². The third kappa shape index (κ3) is 10.7. The van der Waals surface area contributed by atoms with E-state index in [0.29, 0.717) is 25.0 Å². The molecule has 24 heavy (non-hydrogen) atoms. The van der Waals surface area contributed by atoms with E-state index in [1.54, 1.807) is 11.9 Å². The van der Waals surface area contributed by atoms with Crippen molar-refractivity contribution in [1.29, 1.82) is 0 Å². The lowest BCUT2D eigenvalue weighted by molar-refractivity contribution is -0.123. The van der Waals surface area contributed by atoms with Gasteiger partial charge in [0.1, 0.15) is 0 Å². The van der Waals surface area contributed by atoms with Gasteiger partial charge < -0.3 is 20.9 Å². The largest absolute Gasteiger partial charge is 0.356 e. The average Bonchev–Trinajstić information content (AvgIpc) is 3.20. The lowest BCUT2D eigenvalue weighted by Crippen LogP contribution is -2.48. The molecule has 0 aromatic rings. The number of hydrogen-bond donors (Lipinski definition) is 3. The number of halogens is 1. The van der Waals surface area contributed by atoms with Crippen molar-refractivity contribution >= 4 is 41.8 Å². The molecule has 0 atom stereocenters. The smallest absolute Gasteiger partial charge is 0.240 e. The Bertz CT molecular complexity index is 444. The minimum atomic E-state index is -0.246. The quantitative estimate of drug-likeness (QED) is 0.233. The number of amides is 2. The van der Waals surface area contributed by atoms with Crippen molar-refractivity contribution in [3.05, 3.63) is 0 Å². The van der Waals surface area contributed by atoms with E-state index in [1.165, 1.54) is 0 Å². The molecule has 1 aliphatic carbocycles. The molecule has 0 spiro atoms. The lowest BCUT2D eigenvalue weighted by Gasteiger charge is -2.25. The highest BCUT2D eigenvalue weighted by molar-refractivity contribution is 14.0. The number of likely N-dealkylation sites (N-methyl/N-ethyl adjacent to an activating group) is 1. The fraction of sp³-hybridized carbons (Fsp3) is 0.812. The van der Waals surface area contributed by atoms with Gasteiger partial charge in [-0.2, -0.15) is 0 Å². The second kappa shape index (κ2) is 10.7. The molecule has 0 radical (unpaired) electrons. The Labute approximate surface area is 162 Å². The Morgan fingerprint density at radius 2 is 1.83 bits per heavy atom. The van der Waals surface area contributed by atoms with Crippen molar-refractivity contribution < 1.29 is 9.59 Å². The van der Waals surface area contributed by atoms with Gasteiger partial charge in [0.05, 0.1) is 6.54 Å². The van der Waals surface area contributed by atoms with E-state index in [2.05, 4.69) is 20.9 Å². The highest BCUT2D eigenvalue weighted by atomic mass is 127. The Balaban J connectivity index is 0.00000529. The number of rotatable bonds is 7. The van der Waals surface area contributed by atoms with E-state index >= 15 is 0 Å². The van der Waals surface area contributed by atoms with Crippen LogP contribution in [-0.4, -0.2) is 61.4 Å². The average molecular weight is 453 g/mol. The Morgan fingerprint density at radius 1 is 1.21 bits per heavy atom. The molecule has 0 unspecified atom stereocenters. The highest BCUT2D eigenvalue weighted by Crippen LogP contribution is 2.18. The molecule has 1 fully saturated rings. The maximum atomic E-state index is 11.9. The molecule has 2 amide bonds. The fourth-order valence-electron chi connectivity index (χ4n) is 2.11. The second-order valence-corrected chi connectivity index (χ2v) is 7.07. The van der Waals surface area contributed by atoms with Crippen LogP contribution in [0.2, 0.25) is 0 Å². The first-order valence-corrected chi connectivity index (χ1v) is 8.23. The summed E-state index contributed by atoms with van der Waals surface area (Å²) in [5.74, 6) is 0.714. The summed E-state index contributed by atoms with van der Waals surface area (Å²) in [5, 5.41) is 9.06. The molecule has 1 saturated carbocycles. The summed E-state index contributed by atoms with van der Waals surface area (Å²) in [5.41, 5.74) is -0.246. The number of nitrogens with zero attached hydrogens (tertiary/aromatic N) is 2. The van der Waals surface area contributed by atoms with Crippen molar-refractivity contribution in [2.45, 2.75) is 58.0 Å². The molecule has 0 aromatic heterocycles. The van der Waals surface area contributed by atoms with Crippen LogP contribution in [0.4, 0.5) is 0 Å². The van der Waals surface area contributed by atoms with E-state index in [1.807, 2.05) is 27.8 Å². The zero-order chi connectivity index (χ0) is 17.5. The molecular weight excluding hydrogens is 421 g/mol. The first kappa shape index (κ1) is 22.9. The maximum absolute atomic E-state index is 11.9. The van der Waals surface area contributed by atoms with E-state index in [0.717, 1.165) is 19.3 Å². The van der Waals surface area contributed by atoms with Crippen molar-refractivity contribution in [2.75, 3.05) is 27.2 Å². The fourth-order valence-corrected chi connectivity index (χ4v) is 2.11. The minimum Gasteiger partial charge on any atom is -0.356 e. The summed E-state index contributed by atoms with van der Waals surface area (Å²) >= 11 is 0. The van der Waals surface area contributed by atoms with Gasteiger partial charge in [0.25, 0.3) is 0 Å². The van der Waals surface area contributed by atoms with Crippen LogP contribution in [0.25, 0.3) is 0 Å². The third-order valence-corrected chi connectivity index (χ3v) is 3.27. The number of hydrogen-bond acceptors (Lipinski definition) is 3. The predicted octanol–water partition coefficient (Wildman–Crippen LogP) is 1.09. The Kier molecular flexibility index (Phi) is 10.3. The van der Waals surface area contributed by atoms with Gasteiger partial charge in [-0.3, -0.25) is 14.6 Å². The summed E-state index contributed by atoms with van der Waals surface area (Å²) < 4.78 is 0. The number of carbonyl (C=O) groups is 2. The number of carbonyl (C=O) groups excluding carboxylic acids is 2. The van der Waals surface area contributed by atoms with Gasteiger partial charge >= 0.3 is 0 Å². The molecule has 0 aliphatic heterocycles. The van der Waals surface area contributed by atoms with Crippen LogP contribution in [0.15, 0.2) is 4.99 Å². The predicted molar refractivity (Wildman–Crippen MR) is 108 cm³/mol. The summed E-state index contributed by atoms with van der Waals surface area (Å²) in [6, 6.07) is 0.413. The zero-order valence-electron chi connectivity index (χ0n) is 15.4. The lowest BCUT2D eigenvalue weighted by atomic mass is 10.1. The minimum absolute atomic E-state index is 0. The first-order valence-electron chi connectivity index (χ1n) is 8.23. The normalized spacial score (nSPS) is 14.5. The topological polar surface area (TPSA) is 85.8 Å². The number of aliphatic imine (C=N–C) groups is 1. The van der Waals surface area contributed by atoms with Crippen LogP contribution >= 0.6 is 24.0 Å². The third-order valence-electron chi connectivity index (χ3n) is 3.27. The van der Waals surface area contributed by atoms with E-state index in [4.69, 9.17) is 0 Å². The van der Waals surface area contributed by atoms with Gasteiger partial charge in [-0.1, -0.05) is 0 Å². The van der Waals surface area contributed by atoms with Crippen LogP contribution in [0.1, 0.15) is 46.5 Å². The molecule has 0 saturated heterocycles. The van der Waals surface area contributed by atoms with Crippen molar-refractivity contribution in [1.82, 2.24) is 20.9 Å². The molecule has 1 rings (SSSR count). The van der Waals surface area contributed by atoms with Crippen LogP contribution in [0.3, 0.4) is 0 Å². The highest BCUT2D eigenvalue weighted by Gasteiger charge is 2.22. The maximum Gasteiger partial charge on any atom is 0.240 e. The Hall–Kier alpha value is -1.06.